The van der Waals surface area contributed by atoms with Crippen LogP contribution >= 0.6 is 7.92 Å². The van der Waals surface area contributed by atoms with Crippen molar-refractivity contribution in [3.05, 3.63) is 34.4 Å². The second-order valence-corrected chi connectivity index (χ2v) is 13.7. The molecule has 30 heavy (non-hydrogen) atoms. The molecule has 0 bridgehead atoms. The van der Waals surface area contributed by atoms with Crippen molar-refractivity contribution in [1.82, 2.24) is 4.90 Å². The third-order valence-corrected chi connectivity index (χ3v) is 11.6. The normalized spacial score (nSPS) is 20.6. The van der Waals surface area contributed by atoms with E-state index in [1.165, 1.54) is 69.8 Å². The standard InChI is InChI=1S/C28H48NP/c1-20(2)29(21(3)4)28(27-23(6)18-22(5)19-24(27)7)30(25-14-10-8-11-15-25)26-16-12-9-13-17-26/h18-21,25-26,28H,8-17H2,1-7H3. The van der Waals surface area contributed by atoms with Crippen LogP contribution in [0.5, 0.6) is 0 Å². The van der Waals surface area contributed by atoms with Crippen LogP contribution in [0.4, 0.5) is 0 Å². The van der Waals surface area contributed by atoms with Gasteiger partial charge in [0.05, 0.1) is 5.78 Å². The summed E-state index contributed by atoms with van der Waals surface area (Å²) in [5, 5.41) is 0. The Balaban J connectivity index is 2.15. The molecule has 1 unspecified atom stereocenters. The van der Waals surface area contributed by atoms with Gasteiger partial charge in [0.25, 0.3) is 0 Å². The highest BCUT2D eigenvalue weighted by atomic mass is 31.1. The summed E-state index contributed by atoms with van der Waals surface area (Å²) in [5.41, 5.74) is 8.16. The van der Waals surface area contributed by atoms with Crippen molar-refractivity contribution >= 4 is 7.92 Å². The molecule has 0 aromatic heterocycles. The first-order valence-corrected chi connectivity index (χ1v) is 14.5. The maximum Gasteiger partial charge on any atom is 0.0562 e. The number of nitrogens with zero attached hydrogens (tertiary/aromatic N) is 1. The molecule has 0 spiro atoms. The maximum absolute atomic E-state index is 2.93. The number of hydrogen-bond donors (Lipinski definition) is 0. The number of rotatable bonds is 7. The summed E-state index contributed by atoms with van der Waals surface area (Å²) in [6.45, 7) is 16.9. The van der Waals surface area contributed by atoms with Gasteiger partial charge in [0.1, 0.15) is 0 Å². The Morgan fingerprint density at radius 2 is 1.10 bits per heavy atom. The second-order valence-electron chi connectivity index (χ2n) is 10.9. The zero-order chi connectivity index (χ0) is 21.8. The van der Waals surface area contributed by atoms with E-state index in [0.717, 1.165) is 11.3 Å². The molecule has 2 heteroatoms. The molecule has 3 rings (SSSR count). The Kier molecular flexibility index (Phi) is 8.86. The van der Waals surface area contributed by atoms with Gasteiger partial charge in [-0.2, -0.15) is 0 Å². The van der Waals surface area contributed by atoms with Crippen LogP contribution in [0.15, 0.2) is 12.1 Å². The predicted molar refractivity (Wildman–Crippen MR) is 136 cm³/mol. The molecule has 1 nitrogen and oxygen atoms in total. The van der Waals surface area contributed by atoms with E-state index >= 15 is 0 Å². The van der Waals surface area contributed by atoms with Crippen LogP contribution in [-0.2, 0) is 0 Å². The lowest BCUT2D eigenvalue weighted by atomic mass is 9.98. The van der Waals surface area contributed by atoms with Gasteiger partial charge in [0.2, 0.25) is 0 Å². The van der Waals surface area contributed by atoms with Crippen molar-refractivity contribution in [3.8, 4) is 0 Å². The summed E-state index contributed by atoms with van der Waals surface area (Å²) in [6.07, 6.45) is 14.8. The van der Waals surface area contributed by atoms with Gasteiger partial charge in [0, 0.05) is 12.1 Å². The van der Waals surface area contributed by atoms with Crippen molar-refractivity contribution < 1.29 is 0 Å². The largest absolute Gasteiger partial charge is 0.288 e. The molecule has 1 atom stereocenters. The van der Waals surface area contributed by atoms with E-state index in [4.69, 9.17) is 0 Å². The van der Waals surface area contributed by atoms with Gasteiger partial charge in [-0.15, -0.1) is 0 Å². The molecule has 1 aromatic carbocycles. The Morgan fingerprint density at radius 3 is 1.47 bits per heavy atom. The van der Waals surface area contributed by atoms with Gasteiger partial charge in [-0.3, -0.25) is 4.90 Å². The summed E-state index contributed by atoms with van der Waals surface area (Å²) in [7, 11) is -0.0571. The van der Waals surface area contributed by atoms with Crippen molar-refractivity contribution in [2.75, 3.05) is 0 Å². The zero-order valence-electron chi connectivity index (χ0n) is 21.0. The Hall–Kier alpha value is -0.390. The van der Waals surface area contributed by atoms with Gasteiger partial charge in [0.15, 0.2) is 0 Å². The molecular weight excluding hydrogens is 381 g/mol. The van der Waals surface area contributed by atoms with Gasteiger partial charge >= 0.3 is 0 Å². The fraction of sp³-hybridized carbons (Fsp3) is 0.786. The summed E-state index contributed by atoms with van der Waals surface area (Å²) in [6, 6.07) is 6.10. The molecule has 1 aromatic rings. The van der Waals surface area contributed by atoms with E-state index in [1.54, 1.807) is 16.7 Å². The lowest BCUT2D eigenvalue weighted by Gasteiger charge is -2.50. The summed E-state index contributed by atoms with van der Waals surface area (Å²) >= 11 is 0. The smallest absolute Gasteiger partial charge is 0.0562 e. The summed E-state index contributed by atoms with van der Waals surface area (Å²) in [5.74, 6) is 0.631. The highest BCUT2D eigenvalue weighted by Crippen LogP contribution is 2.66. The van der Waals surface area contributed by atoms with Crippen molar-refractivity contribution in [2.45, 2.75) is 142 Å². The van der Waals surface area contributed by atoms with Gasteiger partial charge < -0.3 is 0 Å². The summed E-state index contributed by atoms with van der Waals surface area (Å²) < 4.78 is 0. The van der Waals surface area contributed by atoms with E-state index in [-0.39, 0.29) is 7.92 Å². The molecule has 2 fully saturated rings. The van der Waals surface area contributed by atoms with E-state index in [2.05, 4.69) is 65.5 Å². The number of hydrogen-bond acceptors (Lipinski definition) is 1. The molecule has 170 valence electrons. The molecule has 0 N–H and O–H groups in total. The molecule has 2 aliphatic carbocycles. The third-order valence-electron chi connectivity index (χ3n) is 7.75. The quantitative estimate of drug-likeness (QED) is 0.391. The van der Waals surface area contributed by atoms with E-state index in [9.17, 15) is 0 Å². The first-order valence-electron chi connectivity index (χ1n) is 12.9. The average molecular weight is 430 g/mol. The van der Waals surface area contributed by atoms with Crippen LogP contribution in [0.3, 0.4) is 0 Å². The Labute approximate surface area is 189 Å². The SMILES string of the molecule is Cc1cc(C)c(C(N(C(C)C)C(C)C)P(C2CCCCC2)C2CCCCC2)c(C)c1. The topological polar surface area (TPSA) is 3.24 Å². The molecular formula is C28H48NP. The second kappa shape index (κ2) is 11.0. The van der Waals surface area contributed by atoms with E-state index < -0.39 is 0 Å². The van der Waals surface area contributed by atoms with E-state index in [0.29, 0.717) is 17.9 Å². The first-order chi connectivity index (χ1) is 14.3. The van der Waals surface area contributed by atoms with E-state index in [1.807, 2.05) is 0 Å². The fourth-order valence-corrected chi connectivity index (χ4v) is 11.5. The number of aryl methyl sites for hydroxylation is 3. The van der Waals surface area contributed by atoms with Crippen LogP contribution in [-0.4, -0.2) is 28.3 Å². The molecule has 0 radical (unpaired) electrons. The van der Waals surface area contributed by atoms with Gasteiger partial charge in [-0.05, 0) is 102 Å². The highest BCUT2D eigenvalue weighted by Gasteiger charge is 2.42. The van der Waals surface area contributed by atoms with Crippen LogP contribution in [0.2, 0.25) is 0 Å². The minimum Gasteiger partial charge on any atom is -0.288 e. The number of benzene rings is 1. The van der Waals surface area contributed by atoms with Crippen LogP contribution in [0.25, 0.3) is 0 Å². The van der Waals surface area contributed by atoms with Crippen LogP contribution in [0.1, 0.15) is 120 Å². The van der Waals surface area contributed by atoms with Crippen molar-refractivity contribution in [1.29, 1.82) is 0 Å². The van der Waals surface area contributed by atoms with Gasteiger partial charge in [-0.1, -0.05) is 64.1 Å². The predicted octanol–water partition coefficient (Wildman–Crippen LogP) is 8.88. The molecule has 2 aliphatic rings. The molecule has 0 aliphatic heterocycles. The van der Waals surface area contributed by atoms with Gasteiger partial charge in [-0.25, -0.2) is 0 Å². The molecule has 0 heterocycles. The minimum absolute atomic E-state index is 0.0571. The molecule has 0 amide bonds. The first kappa shape index (κ1) is 24.3. The average Bonchev–Trinajstić information content (AvgIpc) is 2.68. The third kappa shape index (κ3) is 5.50. The maximum atomic E-state index is 2.93. The van der Waals surface area contributed by atoms with Crippen molar-refractivity contribution in [3.63, 3.8) is 0 Å². The molecule has 0 saturated heterocycles. The Bertz CT molecular complexity index is 618. The monoisotopic (exact) mass is 429 g/mol. The lowest BCUT2D eigenvalue weighted by molar-refractivity contribution is 0.154. The van der Waals surface area contributed by atoms with Crippen molar-refractivity contribution in [2.24, 2.45) is 0 Å². The zero-order valence-corrected chi connectivity index (χ0v) is 21.9. The Morgan fingerprint density at radius 1 is 0.700 bits per heavy atom. The lowest BCUT2D eigenvalue weighted by Crippen LogP contribution is -2.42. The van der Waals surface area contributed by atoms with Crippen LogP contribution in [0, 0.1) is 20.8 Å². The minimum atomic E-state index is -0.0571. The summed E-state index contributed by atoms with van der Waals surface area (Å²) in [4.78, 5) is 2.93. The highest BCUT2D eigenvalue weighted by molar-refractivity contribution is 7.59. The fourth-order valence-electron chi connectivity index (χ4n) is 6.67. The van der Waals surface area contributed by atoms with Crippen LogP contribution < -0.4 is 0 Å². The molecule has 2 saturated carbocycles.